The van der Waals surface area contributed by atoms with Crippen LogP contribution >= 0.6 is 35.0 Å². The molecule has 2 aromatic rings. The predicted octanol–water partition coefficient (Wildman–Crippen LogP) is 4.51. The minimum atomic E-state index is -3.73. The first-order valence-electron chi connectivity index (χ1n) is 6.66. The Bertz CT molecular complexity index is 809. The summed E-state index contributed by atoms with van der Waals surface area (Å²) in [5.41, 5.74) is 1.00. The van der Waals surface area contributed by atoms with Crippen LogP contribution in [-0.2, 0) is 10.0 Å². The van der Waals surface area contributed by atoms with Crippen LogP contribution in [0, 0.1) is 0 Å². The molecule has 0 amide bonds. The molecular weight excluding hydrogens is 361 g/mol. The van der Waals surface area contributed by atoms with Crippen molar-refractivity contribution in [3.05, 3.63) is 58.1 Å². The van der Waals surface area contributed by atoms with Gasteiger partial charge in [0.05, 0.1) is 5.02 Å². The normalized spacial score (nSPS) is 18.0. The van der Waals surface area contributed by atoms with Crippen molar-refractivity contribution in [1.82, 2.24) is 4.72 Å². The van der Waals surface area contributed by atoms with Crippen molar-refractivity contribution in [2.24, 2.45) is 0 Å². The van der Waals surface area contributed by atoms with Gasteiger partial charge in [-0.15, -0.1) is 11.8 Å². The van der Waals surface area contributed by atoms with Gasteiger partial charge in [-0.2, -0.15) is 0 Å². The summed E-state index contributed by atoms with van der Waals surface area (Å²) in [4.78, 5) is 1.12. The number of hydrogen-bond acceptors (Lipinski definition) is 3. The maximum absolute atomic E-state index is 12.6. The molecule has 1 heterocycles. The second-order valence-corrected chi connectivity index (χ2v) is 8.59. The van der Waals surface area contributed by atoms with E-state index in [1.807, 2.05) is 24.3 Å². The Labute approximate surface area is 144 Å². The van der Waals surface area contributed by atoms with Crippen LogP contribution in [0.3, 0.4) is 0 Å². The summed E-state index contributed by atoms with van der Waals surface area (Å²) in [7, 11) is -3.73. The van der Waals surface area contributed by atoms with E-state index in [1.165, 1.54) is 12.1 Å². The van der Waals surface area contributed by atoms with Gasteiger partial charge in [-0.1, -0.05) is 41.4 Å². The topological polar surface area (TPSA) is 46.2 Å². The molecule has 1 atom stereocenters. The van der Waals surface area contributed by atoms with Crippen LogP contribution in [0.2, 0.25) is 10.0 Å². The summed E-state index contributed by atoms with van der Waals surface area (Å²) < 4.78 is 28.0. The van der Waals surface area contributed by atoms with Gasteiger partial charge in [0.2, 0.25) is 10.0 Å². The molecule has 2 aromatic carbocycles. The molecule has 0 spiro atoms. The van der Waals surface area contributed by atoms with Crippen molar-refractivity contribution in [1.29, 1.82) is 0 Å². The predicted molar refractivity (Wildman–Crippen MR) is 91.3 cm³/mol. The number of fused-ring (bicyclic) bond motifs is 1. The van der Waals surface area contributed by atoms with Gasteiger partial charge in [-0.25, -0.2) is 13.1 Å². The highest BCUT2D eigenvalue weighted by Gasteiger charge is 2.27. The van der Waals surface area contributed by atoms with Crippen molar-refractivity contribution < 1.29 is 8.42 Å². The van der Waals surface area contributed by atoms with Gasteiger partial charge in [-0.3, -0.25) is 0 Å². The van der Waals surface area contributed by atoms with Gasteiger partial charge in [0, 0.05) is 16.0 Å². The van der Waals surface area contributed by atoms with E-state index in [0.717, 1.165) is 22.6 Å². The number of sulfonamides is 1. The molecule has 0 saturated heterocycles. The van der Waals surface area contributed by atoms with Crippen molar-refractivity contribution in [2.45, 2.75) is 22.3 Å². The third-order valence-electron chi connectivity index (χ3n) is 3.44. The minimum absolute atomic E-state index is 0.0115. The van der Waals surface area contributed by atoms with E-state index in [1.54, 1.807) is 17.8 Å². The molecule has 1 aliphatic rings. The zero-order valence-electron chi connectivity index (χ0n) is 11.4. The third-order valence-corrected chi connectivity index (χ3v) is 6.75. The number of hydrogen-bond donors (Lipinski definition) is 1. The lowest BCUT2D eigenvalue weighted by Gasteiger charge is -2.25. The van der Waals surface area contributed by atoms with Gasteiger partial charge in [0.1, 0.15) is 4.90 Å². The average molecular weight is 374 g/mol. The Morgan fingerprint density at radius 2 is 1.91 bits per heavy atom. The molecule has 116 valence electrons. The lowest BCUT2D eigenvalue weighted by atomic mass is 10.1. The molecule has 0 saturated carbocycles. The van der Waals surface area contributed by atoms with Crippen LogP contribution in [0.5, 0.6) is 0 Å². The summed E-state index contributed by atoms with van der Waals surface area (Å²) >= 11 is 13.6. The van der Waals surface area contributed by atoms with E-state index in [0.29, 0.717) is 5.02 Å². The fourth-order valence-corrected chi connectivity index (χ4v) is 5.54. The zero-order chi connectivity index (χ0) is 15.7. The smallest absolute Gasteiger partial charge is 0.207 e. The molecule has 3 nitrogen and oxygen atoms in total. The molecule has 0 fully saturated rings. The highest BCUT2D eigenvalue weighted by molar-refractivity contribution is 7.99. The first-order chi connectivity index (χ1) is 10.5. The number of halogens is 2. The van der Waals surface area contributed by atoms with E-state index < -0.39 is 10.0 Å². The Morgan fingerprint density at radius 1 is 1.14 bits per heavy atom. The molecule has 1 N–H and O–H groups in total. The van der Waals surface area contributed by atoms with E-state index in [9.17, 15) is 8.42 Å². The fraction of sp³-hybridized carbons (Fsp3) is 0.200. The van der Waals surface area contributed by atoms with Gasteiger partial charge in [0.25, 0.3) is 0 Å². The van der Waals surface area contributed by atoms with Crippen molar-refractivity contribution in [2.75, 3.05) is 5.75 Å². The molecular formula is C15H13Cl2NO2S2. The van der Waals surface area contributed by atoms with Crippen LogP contribution < -0.4 is 4.72 Å². The largest absolute Gasteiger partial charge is 0.242 e. The standard InChI is InChI=1S/C15H13Cl2NO2S2/c16-10-5-6-12(17)15(9-10)22(19,20)18-13-7-8-21-14-4-2-1-3-11(13)14/h1-6,9,13,18H,7-8H2. The summed E-state index contributed by atoms with van der Waals surface area (Å²) in [6, 6.07) is 12.0. The number of nitrogens with one attached hydrogen (secondary N) is 1. The van der Waals surface area contributed by atoms with E-state index in [-0.39, 0.29) is 16.0 Å². The first kappa shape index (κ1) is 16.1. The molecule has 0 aromatic heterocycles. The number of benzene rings is 2. The maximum Gasteiger partial charge on any atom is 0.242 e. The van der Waals surface area contributed by atoms with Crippen LogP contribution in [-0.4, -0.2) is 14.2 Å². The van der Waals surface area contributed by atoms with Gasteiger partial charge < -0.3 is 0 Å². The highest BCUT2D eigenvalue weighted by atomic mass is 35.5. The summed E-state index contributed by atoms with van der Waals surface area (Å²) in [6.07, 6.45) is 0.735. The SMILES string of the molecule is O=S(=O)(NC1CCSc2ccccc21)c1cc(Cl)ccc1Cl. The van der Waals surface area contributed by atoms with Crippen LogP contribution in [0.15, 0.2) is 52.3 Å². The lowest BCUT2D eigenvalue weighted by molar-refractivity contribution is 0.546. The van der Waals surface area contributed by atoms with Crippen LogP contribution in [0.1, 0.15) is 18.0 Å². The molecule has 22 heavy (non-hydrogen) atoms. The monoisotopic (exact) mass is 373 g/mol. The van der Waals surface area contributed by atoms with Gasteiger partial charge in [0.15, 0.2) is 0 Å². The van der Waals surface area contributed by atoms with Gasteiger partial charge in [-0.05, 0) is 42.0 Å². The highest BCUT2D eigenvalue weighted by Crippen LogP contribution is 2.37. The van der Waals surface area contributed by atoms with E-state index in [2.05, 4.69) is 4.72 Å². The summed E-state index contributed by atoms with van der Waals surface area (Å²) in [6.45, 7) is 0. The van der Waals surface area contributed by atoms with Crippen molar-refractivity contribution >= 4 is 45.0 Å². The van der Waals surface area contributed by atoms with E-state index in [4.69, 9.17) is 23.2 Å². The molecule has 1 unspecified atom stereocenters. The summed E-state index contributed by atoms with van der Waals surface area (Å²) in [5.74, 6) is 0.869. The van der Waals surface area contributed by atoms with Crippen LogP contribution in [0.25, 0.3) is 0 Å². The van der Waals surface area contributed by atoms with Crippen molar-refractivity contribution in [3.8, 4) is 0 Å². The first-order valence-corrected chi connectivity index (χ1v) is 9.89. The average Bonchev–Trinajstić information content (AvgIpc) is 2.50. The second kappa shape index (κ2) is 6.42. The molecule has 3 rings (SSSR count). The molecule has 0 radical (unpaired) electrons. The Hall–Kier alpha value is -0.720. The zero-order valence-corrected chi connectivity index (χ0v) is 14.6. The summed E-state index contributed by atoms with van der Waals surface area (Å²) in [5, 5.41) is 0.500. The third kappa shape index (κ3) is 3.29. The second-order valence-electron chi connectivity index (χ2n) is 4.92. The molecule has 0 aliphatic carbocycles. The Morgan fingerprint density at radius 3 is 2.73 bits per heavy atom. The molecule has 0 bridgehead atoms. The molecule has 1 aliphatic heterocycles. The quantitative estimate of drug-likeness (QED) is 0.860. The maximum atomic E-state index is 12.6. The van der Waals surface area contributed by atoms with Gasteiger partial charge >= 0.3 is 0 Å². The van der Waals surface area contributed by atoms with E-state index >= 15 is 0 Å². The fourth-order valence-electron chi connectivity index (χ4n) is 2.40. The Balaban J connectivity index is 1.95. The van der Waals surface area contributed by atoms with Crippen molar-refractivity contribution in [3.63, 3.8) is 0 Å². The number of rotatable bonds is 3. The Kier molecular flexibility index (Phi) is 4.71. The lowest BCUT2D eigenvalue weighted by Crippen LogP contribution is -2.30. The minimum Gasteiger partial charge on any atom is -0.207 e. The van der Waals surface area contributed by atoms with Crippen LogP contribution in [0.4, 0.5) is 0 Å². The number of thioether (sulfide) groups is 1. The molecule has 7 heteroatoms.